The summed E-state index contributed by atoms with van der Waals surface area (Å²) in [6, 6.07) is 1.61. The molecule has 1 aromatic heterocycles. The highest BCUT2D eigenvalue weighted by Gasteiger charge is 2.39. The molecule has 1 fully saturated rings. The number of sulfone groups is 1. The Hall–Kier alpha value is -1.63. The van der Waals surface area contributed by atoms with E-state index in [9.17, 15) is 13.2 Å². The van der Waals surface area contributed by atoms with E-state index in [1.54, 1.807) is 19.9 Å². The number of hydrogen-bond donors (Lipinski definition) is 2. The van der Waals surface area contributed by atoms with Crippen LogP contribution in [0.2, 0.25) is 0 Å². The summed E-state index contributed by atoms with van der Waals surface area (Å²) in [4.78, 5) is 16.2. The zero-order valence-corrected chi connectivity index (χ0v) is 11.8. The summed E-state index contributed by atoms with van der Waals surface area (Å²) >= 11 is 0. The lowest BCUT2D eigenvalue weighted by atomic mass is 10.0. The average molecular weight is 283 g/mol. The monoisotopic (exact) mass is 283 g/mol. The third-order valence-electron chi connectivity index (χ3n) is 3.24. The zero-order chi connectivity index (χ0) is 14.3. The Kier molecular flexibility index (Phi) is 3.25. The van der Waals surface area contributed by atoms with Crippen molar-refractivity contribution in [2.45, 2.75) is 25.8 Å². The largest absolute Gasteiger partial charge is 0.398 e. The van der Waals surface area contributed by atoms with Crippen molar-refractivity contribution in [3.05, 3.63) is 23.5 Å². The van der Waals surface area contributed by atoms with Gasteiger partial charge in [0.2, 0.25) is 0 Å². The number of carbonyl (C=O) groups is 1. The van der Waals surface area contributed by atoms with E-state index < -0.39 is 15.4 Å². The van der Waals surface area contributed by atoms with Gasteiger partial charge in [-0.3, -0.25) is 9.78 Å². The SMILES string of the molecule is Cc1cc(N)c(C(=O)NC2(C)CCS(=O)(=O)C2)cn1. The molecule has 0 saturated carbocycles. The lowest BCUT2D eigenvalue weighted by Crippen LogP contribution is -2.47. The average Bonchev–Trinajstić information content (AvgIpc) is 2.52. The van der Waals surface area contributed by atoms with Gasteiger partial charge in [-0.15, -0.1) is 0 Å². The van der Waals surface area contributed by atoms with Crippen molar-refractivity contribution in [1.29, 1.82) is 0 Å². The predicted octanol–water partition coefficient (Wildman–Crippen LogP) is 0.279. The van der Waals surface area contributed by atoms with Gasteiger partial charge in [0, 0.05) is 17.6 Å². The Morgan fingerprint density at radius 3 is 2.74 bits per heavy atom. The van der Waals surface area contributed by atoms with E-state index in [0.29, 0.717) is 12.1 Å². The molecule has 6 nitrogen and oxygen atoms in total. The van der Waals surface area contributed by atoms with Crippen LogP contribution in [0.3, 0.4) is 0 Å². The van der Waals surface area contributed by atoms with Crippen molar-refractivity contribution >= 4 is 21.4 Å². The number of nitrogens with zero attached hydrogens (tertiary/aromatic N) is 1. The number of anilines is 1. The summed E-state index contributed by atoms with van der Waals surface area (Å²) in [6.45, 7) is 3.51. The van der Waals surface area contributed by atoms with E-state index in [4.69, 9.17) is 5.73 Å². The van der Waals surface area contributed by atoms with Crippen molar-refractivity contribution in [2.24, 2.45) is 0 Å². The molecule has 2 heterocycles. The number of rotatable bonds is 2. The van der Waals surface area contributed by atoms with E-state index in [2.05, 4.69) is 10.3 Å². The van der Waals surface area contributed by atoms with Crippen LogP contribution in [0, 0.1) is 6.92 Å². The minimum Gasteiger partial charge on any atom is -0.398 e. The normalized spacial score (nSPS) is 25.2. The van der Waals surface area contributed by atoms with Crippen LogP contribution in [0.15, 0.2) is 12.3 Å². The van der Waals surface area contributed by atoms with Gasteiger partial charge >= 0.3 is 0 Å². The highest BCUT2D eigenvalue weighted by molar-refractivity contribution is 7.91. The molecule has 1 unspecified atom stereocenters. The first-order valence-corrected chi connectivity index (χ1v) is 7.78. The standard InChI is InChI=1S/C12H17N3O3S/c1-8-5-10(13)9(6-14-8)11(16)15-12(2)3-4-19(17,18)7-12/h5-6H,3-4,7H2,1-2H3,(H2,13,14)(H,15,16). The summed E-state index contributed by atoms with van der Waals surface area (Å²) in [5.74, 6) is -0.319. The second-order valence-corrected chi connectivity index (χ2v) is 7.45. The van der Waals surface area contributed by atoms with Crippen molar-refractivity contribution in [3.8, 4) is 0 Å². The van der Waals surface area contributed by atoms with E-state index in [1.165, 1.54) is 6.20 Å². The maximum Gasteiger partial charge on any atom is 0.255 e. The van der Waals surface area contributed by atoms with Gasteiger partial charge in [-0.2, -0.15) is 0 Å². The Bertz CT molecular complexity index is 627. The number of amides is 1. The Labute approximate surface area is 112 Å². The summed E-state index contributed by atoms with van der Waals surface area (Å²) in [6.07, 6.45) is 1.83. The third-order valence-corrected chi connectivity index (χ3v) is 5.14. The molecule has 0 bridgehead atoms. The number of nitrogen functional groups attached to an aromatic ring is 1. The molecular weight excluding hydrogens is 266 g/mol. The van der Waals surface area contributed by atoms with Crippen LogP contribution in [0.25, 0.3) is 0 Å². The second-order valence-electron chi connectivity index (χ2n) is 5.27. The lowest BCUT2D eigenvalue weighted by molar-refractivity contribution is 0.0916. The smallest absolute Gasteiger partial charge is 0.255 e. The lowest BCUT2D eigenvalue weighted by Gasteiger charge is -2.24. The first-order valence-electron chi connectivity index (χ1n) is 5.96. The van der Waals surface area contributed by atoms with Gasteiger partial charge in [0.15, 0.2) is 9.84 Å². The predicted molar refractivity (Wildman–Crippen MR) is 72.5 cm³/mol. The van der Waals surface area contributed by atoms with Crippen LogP contribution in [-0.4, -0.2) is 36.4 Å². The summed E-state index contributed by atoms with van der Waals surface area (Å²) in [5.41, 5.74) is 6.39. The Morgan fingerprint density at radius 2 is 2.21 bits per heavy atom. The first kappa shape index (κ1) is 13.8. The number of nitrogens with two attached hydrogens (primary N) is 1. The second kappa shape index (κ2) is 4.48. The van der Waals surface area contributed by atoms with Gasteiger partial charge in [0.1, 0.15) is 0 Å². The van der Waals surface area contributed by atoms with Gasteiger partial charge in [0.25, 0.3) is 5.91 Å². The molecule has 2 rings (SSSR count). The molecule has 1 atom stereocenters. The molecule has 0 aromatic carbocycles. The molecule has 0 spiro atoms. The number of nitrogens with one attached hydrogen (secondary N) is 1. The highest BCUT2D eigenvalue weighted by atomic mass is 32.2. The van der Waals surface area contributed by atoms with E-state index in [-0.39, 0.29) is 23.0 Å². The minimum atomic E-state index is -3.06. The molecule has 19 heavy (non-hydrogen) atoms. The van der Waals surface area contributed by atoms with Gasteiger partial charge in [-0.05, 0) is 26.3 Å². The van der Waals surface area contributed by atoms with Crippen LogP contribution >= 0.6 is 0 Å². The van der Waals surface area contributed by atoms with Crippen LogP contribution in [0.5, 0.6) is 0 Å². The molecule has 1 aromatic rings. The molecule has 1 aliphatic heterocycles. The number of hydrogen-bond acceptors (Lipinski definition) is 5. The third kappa shape index (κ3) is 3.04. The van der Waals surface area contributed by atoms with Crippen molar-refractivity contribution in [1.82, 2.24) is 10.3 Å². The van der Waals surface area contributed by atoms with Crippen molar-refractivity contribution < 1.29 is 13.2 Å². The number of pyridine rings is 1. The zero-order valence-electron chi connectivity index (χ0n) is 10.9. The summed E-state index contributed by atoms with van der Waals surface area (Å²) in [5, 5.41) is 2.75. The van der Waals surface area contributed by atoms with Gasteiger partial charge in [-0.25, -0.2) is 8.42 Å². The Balaban J connectivity index is 2.18. The maximum absolute atomic E-state index is 12.1. The molecule has 104 valence electrons. The quantitative estimate of drug-likeness (QED) is 0.811. The maximum atomic E-state index is 12.1. The minimum absolute atomic E-state index is 0.0368. The molecule has 0 radical (unpaired) electrons. The fraction of sp³-hybridized carbons (Fsp3) is 0.500. The number of carbonyl (C=O) groups excluding carboxylic acids is 1. The molecule has 7 heteroatoms. The van der Waals surface area contributed by atoms with Gasteiger partial charge < -0.3 is 11.1 Å². The van der Waals surface area contributed by atoms with Crippen molar-refractivity contribution in [3.63, 3.8) is 0 Å². The molecule has 1 saturated heterocycles. The summed E-state index contributed by atoms with van der Waals surface area (Å²) < 4.78 is 23.0. The number of aromatic nitrogens is 1. The fourth-order valence-corrected chi connectivity index (χ4v) is 4.31. The first-order chi connectivity index (χ1) is 8.71. The fourth-order valence-electron chi connectivity index (χ4n) is 2.22. The van der Waals surface area contributed by atoms with E-state index in [0.717, 1.165) is 5.69 Å². The summed E-state index contributed by atoms with van der Waals surface area (Å²) in [7, 11) is -3.06. The van der Waals surface area contributed by atoms with Crippen LogP contribution in [0.1, 0.15) is 29.4 Å². The topological polar surface area (TPSA) is 102 Å². The molecule has 0 aliphatic carbocycles. The highest BCUT2D eigenvalue weighted by Crippen LogP contribution is 2.24. The molecule has 1 aliphatic rings. The molecule has 1 amide bonds. The van der Waals surface area contributed by atoms with E-state index >= 15 is 0 Å². The van der Waals surface area contributed by atoms with E-state index in [1.807, 2.05) is 0 Å². The molecule has 3 N–H and O–H groups in total. The van der Waals surface area contributed by atoms with Crippen molar-refractivity contribution in [2.75, 3.05) is 17.2 Å². The number of aryl methyl sites for hydroxylation is 1. The Morgan fingerprint density at radius 1 is 1.53 bits per heavy atom. The molecular formula is C12H17N3O3S. The van der Waals surface area contributed by atoms with Crippen LogP contribution in [0.4, 0.5) is 5.69 Å². The van der Waals surface area contributed by atoms with Gasteiger partial charge in [0.05, 0.1) is 22.6 Å². The van der Waals surface area contributed by atoms with Gasteiger partial charge in [-0.1, -0.05) is 0 Å². The van der Waals surface area contributed by atoms with Crippen LogP contribution in [-0.2, 0) is 9.84 Å². The van der Waals surface area contributed by atoms with Crippen LogP contribution < -0.4 is 11.1 Å².